The van der Waals surface area contributed by atoms with Crippen molar-refractivity contribution in [2.24, 2.45) is 5.73 Å². The van der Waals surface area contributed by atoms with Crippen LogP contribution in [-0.4, -0.2) is 26.2 Å². The van der Waals surface area contributed by atoms with Crippen LogP contribution in [0.2, 0.25) is 0 Å². The monoisotopic (exact) mass is 280 g/mol. The summed E-state index contributed by atoms with van der Waals surface area (Å²) in [7, 11) is 3.18. The van der Waals surface area contributed by atoms with E-state index in [-0.39, 0.29) is 18.0 Å². The number of carbonyl (C=O) groups is 1. The molecule has 0 heterocycles. The van der Waals surface area contributed by atoms with Crippen molar-refractivity contribution in [3.63, 3.8) is 0 Å². The quantitative estimate of drug-likeness (QED) is 0.801. The van der Waals surface area contributed by atoms with Gasteiger partial charge in [0.25, 0.3) is 0 Å². The maximum Gasteiger partial charge on any atom is 0.220 e. The van der Waals surface area contributed by atoms with Gasteiger partial charge in [-0.3, -0.25) is 4.79 Å². The first-order valence-corrected chi connectivity index (χ1v) is 6.74. The molecule has 0 aliphatic carbocycles. The Balaban J connectivity index is 2.67. The van der Waals surface area contributed by atoms with Crippen LogP contribution in [-0.2, 0) is 4.79 Å². The molecule has 20 heavy (non-hydrogen) atoms. The van der Waals surface area contributed by atoms with Crippen molar-refractivity contribution in [3.8, 4) is 11.5 Å². The molecule has 3 N–H and O–H groups in total. The number of hydrogen-bond acceptors (Lipinski definition) is 4. The Bertz CT molecular complexity index is 447. The van der Waals surface area contributed by atoms with Gasteiger partial charge in [-0.1, -0.05) is 6.07 Å². The summed E-state index contributed by atoms with van der Waals surface area (Å²) in [6, 6.07) is 5.57. The first-order chi connectivity index (χ1) is 9.47. The van der Waals surface area contributed by atoms with Crippen LogP contribution >= 0.6 is 0 Å². The van der Waals surface area contributed by atoms with Crippen LogP contribution in [0.3, 0.4) is 0 Å². The van der Waals surface area contributed by atoms with E-state index in [1.807, 2.05) is 32.0 Å². The number of amides is 1. The molecule has 0 aromatic heterocycles. The Labute approximate surface area is 120 Å². The number of nitrogens with two attached hydrogens (primary N) is 1. The number of nitrogens with one attached hydrogen (secondary N) is 1. The molecule has 0 spiro atoms. The fourth-order valence-corrected chi connectivity index (χ4v) is 1.88. The summed E-state index contributed by atoms with van der Waals surface area (Å²) in [5.41, 5.74) is 6.61. The van der Waals surface area contributed by atoms with Gasteiger partial charge in [-0.05, 0) is 38.0 Å². The van der Waals surface area contributed by atoms with Gasteiger partial charge in [0.2, 0.25) is 5.91 Å². The molecule has 1 amide bonds. The minimum absolute atomic E-state index is 0.00425. The van der Waals surface area contributed by atoms with E-state index in [1.165, 1.54) is 0 Å². The van der Waals surface area contributed by atoms with E-state index in [1.54, 1.807) is 14.2 Å². The van der Waals surface area contributed by atoms with Crippen LogP contribution < -0.4 is 20.5 Å². The fourth-order valence-electron chi connectivity index (χ4n) is 1.88. The SMILES string of the molecule is COc1ccc(C(C)NC(=O)CCC(C)N)cc1OC. The smallest absolute Gasteiger partial charge is 0.220 e. The van der Waals surface area contributed by atoms with Crippen molar-refractivity contribution in [2.75, 3.05) is 14.2 Å². The highest BCUT2D eigenvalue weighted by molar-refractivity contribution is 5.76. The third kappa shape index (κ3) is 4.74. The lowest BCUT2D eigenvalue weighted by molar-refractivity contribution is -0.121. The van der Waals surface area contributed by atoms with E-state index in [0.717, 1.165) is 5.56 Å². The zero-order valence-corrected chi connectivity index (χ0v) is 12.6. The fraction of sp³-hybridized carbons (Fsp3) is 0.533. The second-order valence-electron chi connectivity index (χ2n) is 4.92. The van der Waals surface area contributed by atoms with Crippen LogP contribution in [0.25, 0.3) is 0 Å². The summed E-state index contributed by atoms with van der Waals surface area (Å²) in [4.78, 5) is 11.8. The number of benzene rings is 1. The molecule has 1 aromatic carbocycles. The van der Waals surface area contributed by atoms with E-state index in [0.29, 0.717) is 24.3 Å². The summed E-state index contributed by atoms with van der Waals surface area (Å²) in [6.45, 7) is 3.83. The number of methoxy groups -OCH3 is 2. The molecular weight excluding hydrogens is 256 g/mol. The summed E-state index contributed by atoms with van der Waals surface area (Å²) in [6.07, 6.45) is 1.12. The predicted molar refractivity (Wildman–Crippen MR) is 79.0 cm³/mol. The molecule has 5 heteroatoms. The van der Waals surface area contributed by atoms with Crippen LogP contribution in [0.4, 0.5) is 0 Å². The molecule has 5 nitrogen and oxygen atoms in total. The highest BCUT2D eigenvalue weighted by Gasteiger charge is 2.12. The molecule has 0 saturated carbocycles. The molecule has 1 rings (SSSR count). The molecule has 0 saturated heterocycles. The lowest BCUT2D eigenvalue weighted by Crippen LogP contribution is -2.28. The molecule has 0 bridgehead atoms. The summed E-state index contributed by atoms with van der Waals surface area (Å²) in [5.74, 6) is 1.33. The van der Waals surface area contributed by atoms with Crippen LogP contribution in [0.15, 0.2) is 18.2 Å². The highest BCUT2D eigenvalue weighted by atomic mass is 16.5. The molecule has 0 radical (unpaired) electrons. The Morgan fingerprint density at radius 1 is 1.25 bits per heavy atom. The predicted octanol–water partition coefficient (Wildman–Crippen LogP) is 2.01. The van der Waals surface area contributed by atoms with Gasteiger partial charge in [0, 0.05) is 12.5 Å². The van der Waals surface area contributed by atoms with Gasteiger partial charge >= 0.3 is 0 Å². The van der Waals surface area contributed by atoms with Crippen molar-refractivity contribution in [3.05, 3.63) is 23.8 Å². The Morgan fingerprint density at radius 2 is 1.90 bits per heavy atom. The van der Waals surface area contributed by atoms with Gasteiger partial charge in [0.15, 0.2) is 11.5 Å². The van der Waals surface area contributed by atoms with Crippen LogP contribution in [0.1, 0.15) is 38.3 Å². The molecule has 0 fully saturated rings. The maximum atomic E-state index is 11.8. The van der Waals surface area contributed by atoms with Crippen molar-refractivity contribution in [2.45, 2.75) is 38.8 Å². The van der Waals surface area contributed by atoms with E-state index >= 15 is 0 Å². The lowest BCUT2D eigenvalue weighted by atomic mass is 10.1. The summed E-state index contributed by atoms with van der Waals surface area (Å²) >= 11 is 0. The zero-order chi connectivity index (χ0) is 15.1. The average molecular weight is 280 g/mol. The van der Waals surface area contributed by atoms with E-state index in [4.69, 9.17) is 15.2 Å². The summed E-state index contributed by atoms with van der Waals surface area (Å²) in [5, 5.41) is 2.95. The van der Waals surface area contributed by atoms with Gasteiger partial charge in [0.1, 0.15) is 0 Å². The van der Waals surface area contributed by atoms with Crippen LogP contribution in [0, 0.1) is 0 Å². The van der Waals surface area contributed by atoms with Crippen molar-refractivity contribution < 1.29 is 14.3 Å². The number of rotatable bonds is 7. The largest absolute Gasteiger partial charge is 0.493 e. The second kappa shape index (κ2) is 7.75. The Morgan fingerprint density at radius 3 is 2.45 bits per heavy atom. The van der Waals surface area contributed by atoms with Crippen molar-refractivity contribution >= 4 is 5.91 Å². The first kappa shape index (κ1) is 16.3. The Hall–Kier alpha value is -1.75. The molecule has 2 atom stereocenters. The van der Waals surface area contributed by atoms with Gasteiger partial charge in [-0.15, -0.1) is 0 Å². The maximum absolute atomic E-state index is 11.8. The van der Waals surface area contributed by atoms with Gasteiger partial charge < -0.3 is 20.5 Å². The average Bonchev–Trinajstić information content (AvgIpc) is 2.44. The van der Waals surface area contributed by atoms with E-state index in [9.17, 15) is 4.79 Å². The van der Waals surface area contributed by atoms with E-state index < -0.39 is 0 Å². The third-order valence-electron chi connectivity index (χ3n) is 3.11. The van der Waals surface area contributed by atoms with Gasteiger partial charge in [-0.25, -0.2) is 0 Å². The molecule has 0 aliphatic rings. The standard InChI is InChI=1S/C15H24N2O3/c1-10(16)5-8-15(18)17-11(2)12-6-7-13(19-3)14(9-12)20-4/h6-7,9-11H,5,8,16H2,1-4H3,(H,17,18). The number of ether oxygens (including phenoxy) is 2. The minimum atomic E-state index is -0.0876. The molecule has 112 valence electrons. The van der Waals surface area contributed by atoms with Gasteiger partial charge in [-0.2, -0.15) is 0 Å². The Kier molecular flexibility index (Phi) is 6.31. The zero-order valence-electron chi connectivity index (χ0n) is 12.6. The topological polar surface area (TPSA) is 73.6 Å². The molecule has 2 unspecified atom stereocenters. The lowest BCUT2D eigenvalue weighted by Gasteiger charge is -2.17. The molecular formula is C15H24N2O3. The van der Waals surface area contributed by atoms with E-state index in [2.05, 4.69) is 5.32 Å². The molecule has 0 aliphatic heterocycles. The minimum Gasteiger partial charge on any atom is -0.493 e. The highest BCUT2D eigenvalue weighted by Crippen LogP contribution is 2.29. The van der Waals surface area contributed by atoms with Gasteiger partial charge in [0.05, 0.1) is 20.3 Å². The van der Waals surface area contributed by atoms with Crippen molar-refractivity contribution in [1.29, 1.82) is 0 Å². The van der Waals surface area contributed by atoms with Crippen LogP contribution in [0.5, 0.6) is 11.5 Å². The summed E-state index contributed by atoms with van der Waals surface area (Å²) < 4.78 is 10.4. The van der Waals surface area contributed by atoms with Crippen molar-refractivity contribution in [1.82, 2.24) is 5.32 Å². The third-order valence-corrected chi connectivity index (χ3v) is 3.11. The first-order valence-electron chi connectivity index (χ1n) is 6.74. The number of carbonyl (C=O) groups excluding carboxylic acids is 1. The molecule has 1 aromatic rings. The number of hydrogen-bond donors (Lipinski definition) is 2. The second-order valence-corrected chi connectivity index (χ2v) is 4.92. The normalized spacial score (nSPS) is 13.4.